The lowest BCUT2D eigenvalue weighted by atomic mass is 10.0. The molecule has 0 radical (unpaired) electrons. The molecule has 10 heteroatoms. The summed E-state index contributed by atoms with van der Waals surface area (Å²) in [6.45, 7) is 5.77. The minimum Gasteiger partial charge on any atom is -0.494 e. The minimum atomic E-state index is -4.31. The first-order chi connectivity index (χ1) is 21.6. The number of nitrogens with zero attached hydrogens (tertiary/aromatic N) is 2. The topological polar surface area (TPSA) is 96.0 Å². The number of amides is 2. The van der Waals surface area contributed by atoms with Gasteiger partial charge in [-0.25, -0.2) is 12.8 Å². The van der Waals surface area contributed by atoms with Crippen molar-refractivity contribution in [3.8, 4) is 5.75 Å². The summed E-state index contributed by atoms with van der Waals surface area (Å²) in [6, 6.07) is 26.7. The van der Waals surface area contributed by atoms with Gasteiger partial charge in [-0.15, -0.1) is 0 Å². The standard InChI is InChI=1S/C35H38FN3O5S/c1-4-37-35(41)33(23-27-9-7-6-8-10-27)38(24-28-13-11-26(3)12-14-28)34(40)25-39(30-17-15-29(36)16-18-30)45(42,43)32-21-19-31(20-22-32)44-5-2/h6-22,33H,4-5,23-25H2,1-3H3,(H,37,41)/t33-/m1/s1. The summed E-state index contributed by atoms with van der Waals surface area (Å²) in [5, 5.41) is 2.84. The SMILES string of the molecule is CCNC(=O)[C@@H](Cc1ccccc1)N(Cc1ccc(C)cc1)C(=O)CN(c1ccc(F)cc1)S(=O)(=O)c1ccc(OCC)cc1. The van der Waals surface area contributed by atoms with Crippen LogP contribution in [0.3, 0.4) is 0 Å². The Morgan fingerprint density at radius 2 is 1.49 bits per heavy atom. The van der Waals surface area contributed by atoms with Gasteiger partial charge >= 0.3 is 0 Å². The number of carbonyl (C=O) groups excluding carboxylic acids is 2. The quantitative estimate of drug-likeness (QED) is 0.198. The minimum absolute atomic E-state index is 0.0636. The molecule has 0 bridgehead atoms. The fraction of sp³-hybridized carbons (Fsp3) is 0.257. The van der Waals surface area contributed by atoms with Crippen LogP contribution in [0.5, 0.6) is 5.75 Å². The number of rotatable bonds is 14. The highest BCUT2D eigenvalue weighted by Gasteiger charge is 2.34. The van der Waals surface area contributed by atoms with Gasteiger partial charge in [0.05, 0.1) is 17.2 Å². The van der Waals surface area contributed by atoms with Crippen molar-refractivity contribution in [2.24, 2.45) is 0 Å². The van der Waals surface area contributed by atoms with Gasteiger partial charge in [0, 0.05) is 19.5 Å². The average Bonchev–Trinajstić information content (AvgIpc) is 3.04. The van der Waals surface area contributed by atoms with Gasteiger partial charge in [0.25, 0.3) is 10.0 Å². The van der Waals surface area contributed by atoms with Crippen molar-refractivity contribution in [1.82, 2.24) is 10.2 Å². The molecule has 45 heavy (non-hydrogen) atoms. The van der Waals surface area contributed by atoms with E-state index in [1.54, 1.807) is 6.92 Å². The second-order valence-corrected chi connectivity index (χ2v) is 12.4. The van der Waals surface area contributed by atoms with E-state index in [-0.39, 0.29) is 29.5 Å². The Hall–Kier alpha value is -4.70. The van der Waals surface area contributed by atoms with E-state index < -0.39 is 34.3 Å². The van der Waals surface area contributed by atoms with Crippen LogP contribution < -0.4 is 14.4 Å². The fourth-order valence-electron chi connectivity index (χ4n) is 4.87. The molecule has 8 nitrogen and oxygen atoms in total. The second-order valence-electron chi connectivity index (χ2n) is 10.5. The van der Waals surface area contributed by atoms with Gasteiger partial charge in [-0.05, 0) is 80.4 Å². The van der Waals surface area contributed by atoms with Crippen molar-refractivity contribution in [3.05, 3.63) is 126 Å². The Kier molecular flexibility index (Phi) is 11.3. The molecular weight excluding hydrogens is 593 g/mol. The largest absolute Gasteiger partial charge is 0.494 e. The number of ether oxygens (including phenoxy) is 1. The number of hydrogen-bond donors (Lipinski definition) is 1. The van der Waals surface area contributed by atoms with Crippen LogP contribution in [0.2, 0.25) is 0 Å². The van der Waals surface area contributed by atoms with E-state index in [9.17, 15) is 22.4 Å². The van der Waals surface area contributed by atoms with E-state index in [4.69, 9.17) is 4.74 Å². The Bertz CT molecular complexity index is 1660. The summed E-state index contributed by atoms with van der Waals surface area (Å²) in [6.07, 6.45) is 0.215. The number of likely N-dealkylation sites (N-methyl/N-ethyl adjacent to an activating group) is 1. The molecule has 0 saturated carbocycles. The van der Waals surface area contributed by atoms with Gasteiger partial charge in [0.1, 0.15) is 24.2 Å². The smallest absolute Gasteiger partial charge is 0.264 e. The molecule has 0 spiro atoms. The molecule has 0 fully saturated rings. The number of carbonyl (C=O) groups is 2. The lowest BCUT2D eigenvalue weighted by Gasteiger charge is -2.34. The Morgan fingerprint density at radius 3 is 2.09 bits per heavy atom. The van der Waals surface area contributed by atoms with Crippen molar-refractivity contribution in [2.75, 3.05) is 24.0 Å². The summed E-state index contributed by atoms with van der Waals surface area (Å²) < 4.78 is 48.5. The summed E-state index contributed by atoms with van der Waals surface area (Å²) in [5.41, 5.74) is 2.75. The molecule has 1 N–H and O–H groups in total. The summed E-state index contributed by atoms with van der Waals surface area (Å²) >= 11 is 0. The zero-order valence-electron chi connectivity index (χ0n) is 25.6. The molecule has 2 amide bonds. The highest BCUT2D eigenvalue weighted by atomic mass is 32.2. The van der Waals surface area contributed by atoms with Crippen LogP contribution in [-0.2, 0) is 32.6 Å². The van der Waals surface area contributed by atoms with E-state index in [0.717, 1.165) is 33.1 Å². The molecule has 0 unspecified atom stereocenters. The third-order valence-electron chi connectivity index (χ3n) is 7.21. The molecular formula is C35H38FN3O5S. The second kappa shape index (κ2) is 15.3. The molecule has 4 rings (SSSR count). The third kappa shape index (κ3) is 8.69. The molecule has 0 saturated heterocycles. The van der Waals surface area contributed by atoms with Crippen molar-refractivity contribution in [2.45, 2.75) is 44.7 Å². The number of benzene rings is 4. The maximum Gasteiger partial charge on any atom is 0.264 e. The molecule has 1 atom stereocenters. The van der Waals surface area contributed by atoms with Gasteiger partial charge in [0.2, 0.25) is 11.8 Å². The molecule has 0 heterocycles. The average molecular weight is 632 g/mol. The Balaban J connectivity index is 1.77. The predicted octanol–water partition coefficient (Wildman–Crippen LogP) is 5.50. The summed E-state index contributed by atoms with van der Waals surface area (Å²) in [7, 11) is -4.31. The Morgan fingerprint density at radius 1 is 0.844 bits per heavy atom. The first-order valence-electron chi connectivity index (χ1n) is 14.8. The van der Waals surface area contributed by atoms with Gasteiger partial charge in [-0.3, -0.25) is 13.9 Å². The lowest BCUT2D eigenvalue weighted by Crippen LogP contribution is -2.53. The van der Waals surface area contributed by atoms with Crippen molar-refractivity contribution < 1.29 is 27.1 Å². The van der Waals surface area contributed by atoms with Gasteiger partial charge in [0.15, 0.2) is 0 Å². The van der Waals surface area contributed by atoms with Crippen LogP contribution in [-0.4, -0.2) is 50.9 Å². The molecule has 0 aliphatic rings. The van der Waals surface area contributed by atoms with E-state index >= 15 is 0 Å². The highest BCUT2D eigenvalue weighted by molar-refractivity contribution is 7.92. The molecule has 4 aromatic carbocycles. The maximum absolute atomic E-state index is 14.4. The van der Waals surface area contributed by atoms with Crippen LogP contribution in [0.15, 0.2) is 108 Å². The van der Waals surface area contributed by atoms with E-state index in [0.29, 0.717) is 18.9 Å². The van der Waals surface area contributed by atoms with Gasteiger partial charge in [-0.1, -0.05) is 60.2 Å². The molecule has 0 aliphatic heterocycles. The van der Waals surface area contributed by atoms with Crippen LogP contribution in [0.1, 0.15) is 30.5 Å². The fourth-order valence-corrected chi connectivity index (χ4v) is 6.29. The normalized spacial score (nSPS) is 11.8. The van der Waals surface area contributed by atoms with Crippen molar-refractivity contribution in [1.29, 1.82) is 0 Å². The van der Waals surface area contributed by atoms with Crippen molar-refractivity contribution in [3.63, 3.8) is 0 Å². The van der Waals surface area contributed by atoms with E-state index in [1.165, 1.54) is 41.3 Å². The Labute approximate surface area is 264 Å². The number of halogens is 1. The number of aryl methyl sites for hydroxylation is 1. The van der Waals surface area contributed by atoms with Crippen LogP contribution in [0, 0.1) is 12.7 Å². The number of nitrogens with one attached hydrogen (secondary N) is 1. The summed E-state index contributed by atoms with van der Waals surface area (Å²) in [5.74, 6) is -1.01. The molecule has 0 aromatic heterocycles. The third-order valence-corrected chi connectivity index (χ3v) is 9.00. The number of hydrogen-bond acceptors (Lipinski definition) is 5. The summed E-state index contributed by atoms with van der Waals surface area (Å²) in [4.78, 5) is 29.3. The number of anilines is 1. The predicted molar refractivity (Wildman–Crippen MR) is 173 cm³/mol. The van der Waals surface area contributed by atoms with E-state index in [1.807, 2.05) is 68.4 Å². The van der Waals surface area contributed by atoms with Crippen LogP contribution in [0.25, 0.3) is 0 Å². The lowest BCUT2D eigenvalue weighted by molar-refractivity contribution is -0.140. The maximum atomic E-state index is 14.4. The first-order valence-corrected chi connectivity index (χ1v) is 16.2. The van der Waals surface area contributed by atoms with Gasteiger partial charge in [-0.2, -0.15) is 0 Å². The monoisotopic (exact) mass is 631 g/mol. The van der Waals surface area contributed by atoms with Crippen LogP contribution in [0.4, 0.5) is 10.1 Å². The molecule has 0 aliphatic carbocycles. The van der Waals surface area contributed by atoms with E-state index in [2.05, 4.69) is 5.32 Å². The first kappa shape index (κ1) is 33.2. The van der Waals surface area contributed by atoms with Gasteiger partial charge < -0.3 is 15.0 Å². The highest BCUT2D eigenvalue weighted by Crippen LogP contribution is 2.27. The molecule has 4 aromatic rings. The zero-order valence-corrected chi connectivity index (χ0v) is 26.5. The van der Waals surface area contributed by atoms with Crippen molar-refractivity contribution >= 4 is 27.5 Å². The zero-order chi connectivity index (χ0) is 32.4. The molecule has 236 valence electrons. The number of sulfonamides is 1. The van der Waals surface area contributed by atoms with Crippen LogP contribution >= 0.6 is 0 Å².